The third kappa shape index (κ3) is 5.31. The summed E-state index contributed by atoms with van der Waals surface area (Å²) >= 11 is 17.0. The molecule has 2 rings (SSSR count). The number of esters is 1. The Labute approximate surface area is 174 Å². The molecule has 0 fully saturated rings. The van der Waals surface area contributed by atoms with Crippen LogP contribution in [0.15, 0.2) is 30.5 Å². The van der Waals surface area contributed by atoms with Crippen LogP contribution in [0.3, 0.4) is 0 Å². The highest BCUT2D eigenvalue weighted by Gasteiger charge is 2.46. The third-order valence-electron chi connectivity index (χ3n) is 4.11. The van der Waals surface area contributed by atoms with E-state index in [1.165, 1.54) is 4.90 Å². The van der Waals surface area contributed by atoms with E-state index in [0.717, 1.165) is 11.1 Å². The number of amides is 1. The Morgan fingerprint density at radius 2 is 1.81 bits per heavy atom. The molecule has 0 saturated carbocycles. The van der Waals surface area contributed by atoms with Crippen molar-refractivity contribution in [3.05, 3.63) is 41.6 Å². The number of ether oxygens (including phenoxy) is 2. The van der Waals surface area contributed by atoms with Gasteiger partial charge in [-0.1, -0.05) is 59.1 Å². The van der Waals surface area contributed by atoms with Crippen molar-refractivity contribution in [2.24, 2.45) is 5.41 Å². The lowest BCUT2D eigenvalue weighted by molar-refractivity contribution is -0.161. The second kappa shape index (κ2) is 8.29. The second-order valence-corrected chi connectivity index (χ2v) is 9.62. The molecule has 1 aliphatic rings. The molecule has 0 aliphatic carbocycles. The summed E-state index contributed by atoms with van der Waals surface area (Å²) < 4.78 is 8.83. The highest BCUT2D eigenvalue weighted by Crippen LogP contribution is 2.44. The highest BCUT2D eigenvalue weighted by atomic mass is 35.6. The van der Waals surface area contributed by atoms with Crippen molar-refractivity contribution >= 4 is 52.9 Å². The maximum atomic E-state index is 12.8. The zero-order valence-electron chi connectivity index (χ0n) is 15.5. The van der Waals surface area contributed by atoms with Crippen LogP contribution in [0.4, 0.5) is 4.79 Å². The summed E-state index contributed by atoms with van der Waals surface area (Å²) in [5, 5.41) is 0. The van der Waals surface area contributed by atoms with Crippen molar-refractivity contribution in [3.63, 3.8) is 0 Å². The molecule has 8 heteroatoms. The van der Waals surface area contributed by atoms with E-state index in [4.69, 9.17) is 44.3 Å². The van der Waals surface area contributed by atoms with Crippen LogP contribution in [0.5, 0.6) is 0 Å². The van der Waals surface area contributed by atoms with Crippen molar-refractivity contribution in [2.75, 3.05) is 6.61 Å². The van der Waals surface area contributed by atoms with Crippen LogP contribution < -0.4 is 0 Å². The maximum Gasteiger partial charge on any atom is 0.414 e. The molecule has 0 unspecified atom stereocenters. The number of fused-ring (bicyclic) bond motifs is 1. The van der Waals surface area contributed by atoms with E-state index in [2.05, 4.69) is 0 Å². The lowest BCUT2D eigenvalue weighted by Gasteiger charge is -2.41. The summed E-state index contributed by atoms with van der Waals surface area (Å²) in [6.45, 7) is 6.60. The molecule has 1 heterocycles. The van der Waals surface area contributed by atoms with Crippen molar-refractivity contribution < 1.29 is 19.1 Å². The van der Waals surface area contributed by atoms with Crippen LogP contribution >= 0.6 is 34.8 Å². The Morgan fingerprint density at radius 3 is 2.41 bits per heavy atom. The second-order valence-electron chi connectivity index (χ2n) is 7.10. The fourth-order valence-corrected chi connectivity index (χ4v) is 3.07. The van der Waals surface area contributed by atoms with Gasteiger partial charge in [-0.05, 0) is 44.9 Å². The minimum absolute atomic E-state index is 0.282. The van der Waals surface area contributed by atoms with Gasteiger partial charge in [-0.2, -0.15) is 0 Å². The zero-order valence-corrected chi connectivity index (χ0v) is 17.8. The largest absolute Gasteiger partial charge is 0.462 e. The van der Waals surface area contributed by atoms with E-state index in [-0.39, 0.29) is 6.10 Å². The van der Waals surface area contributed by atoms with Crippen molar-refractivity contribution in [1.29, 1.82) is 0 Å². The predicted molar refractivity (Wildman–Crippen MR) is 107 cm³/mol. The first-order valence-electron chi connectivity index (χ1n) is 8.43. The number of alkyl halides is 3. The summed E-state index contributed by atoms with van der Waals surface area (Å²) in [5.41, 5.74) is 0.652. The molecule has 1 aliphatic heterocycles. The molecule has 0 radical (unpaired) electrons. The molecule has 0 aromatic heterocycles. The molecule has 1 amide bonds. The maximum absolute atomic E-state index is 12.8. The smallest absolute Gasteiger partial charge is 0.414 e. The van der Waals surface area contributed by atoms with Crippen LogP contribution in [0.25, 0.3) is 6.08 Å². The van der Waals surface area contributed by atoms with Gasteiger partial charge in [0.05, 0.1) is 17.6 Å². The molecule has 0 N–H and O–H groups in total. The van der Waals surface area contributed by atoms with Crippen molar-refractivity contribution in [3.8, 4) is 0 Å². The van der Waals surface area contributed by atoms with Gasteiger partial charge in [0.15, 0.2) is 0 Å². The molecular weight excluding hydrogens is 413 g/mol. The Balaban J connectivity index is 2.41. The van der Waals surface area contributed by atoms with Crippen LogP contribution in [-0.4, -0.2) is 33.5 Å². The standard InChI is InChI=1S/C19H22Cl3NO4/c1-12(2)27-16(24)18(3,4)15-14-8-6-5-7-13(14)9-10-23(15)17(25)26-11-19(20,21)22/h5-10,12,15H,11H2,1-4H3/t15-/m1/s1. The molecule has 1 aromatic carbocycles. The van der Waals surface area contributed by atoms with Gasteiger partial charge in [-0.25, -0.2) is 4.79 Å². The fourth-order valence-electron chi connectivity index (χ4n) is 2.91. The Hall–Kier alpha value is -1.43. The average molecular weight is 435 g/mol. The molecule has 1 atom stereocenters. The van der Waals surface area contributed by atoms with Crippen LogP contribution in [0, 0.1) is 5.41 Å². The number of hydrogen-bond donors (Lipinski definition) is 0. The van der Waals surface area contributed by atoms with Crippen LogP contribution in [0.2, 0.25) is 0 Å². The Kier molecular flexibility index (Phi) is 6.72. The van der Waals surface area contributed by atoms with Crippen LogP contribution in [0.1, 0.15) is 44.9 Å². The minimum Gasteiger partial charge on any atom is -0.462 e. The van der Waals surface area contributed by atoms with Gasteiger partial charge in [0.1, 0.15) is 6.61 Å². The molecule has 0 bridgehead atoms. The quantitative estimate of drug-likeness (QED) is 0.464. The number of hydrogen-bond acceptors (Lipinski definition) is 4. The van der Waals surface area contributed by atoms with Gasteiger partial charge < -0.3 is 9.47 Å². The predicted octanol–water partition coefficient (Wildman–Crippen LogP) is 5.50. The number of carbonyl (C=O) groups is 2. The van der Waals surface area contributed by atoms with Gasteiger partial charge in [-0.3, -0.25) is 9.69 Å². The van der Waals surface area contributed by atoms with Gasteiger partial charge in [0, 0.05) is 6.20 Å². The highest BCUT2D eigenvalue weighted by molar-refractivity contribution is 6.67. The normalized spacial score (nSPS) is 16.9. The molecule has 148 valence electrons. The number of nitrogens with zero attached hydrogens (tertiary/aromatic N) is 1. The first-order chi connectivity index (χ1) is 12.4. The van der Waals surface area contributed by atoms with Gasteiger partial charge >= 0.3 is 12.1 Å². The van der Waals surface area contributed by atoms with Gasteiger partial charge in [-0.15, -0.1) is 0 Å². The zero-order chi connectivity index (χ0) is 20.4. The molecule has 0 spiro atoms. The van der Waals surface area contributed by atoms with Crippen molar-refractivity contribution in [2.45, 2.75) is 43.6 Å². The third-order valence-corrected chi connectivity index (χ3v) is 4.43. The van der Waals surface area contributed by atoms with E-state index in [9.17, 15) is 9.59 Å². The summed E-state index contributed by atoms with van der Waals surface area (Å²) in [7, 11) is 0. The first-order valence-corrected chi connectivity index (χ1v) is 9.57. The minimum atomic E-state index is -1.73. The molecule has 1 aromatic rings. The molecule has 0 saturated heterocycles. The number of halogens is 3. The van der Waals surface area contributed by atoms with E-state index in [0.29, 0.717) is 0 Å². The lowest BCUT2D eigenvalue weighted by Crippen LogP contribution is -2.46. The average Bonchev–Trinajstić information content (AvgIpc) is 2.57. The lowest BCUT2D eigenvalue weighted by atomic mass is 9.77. The monoisotopic (exact) mass is 433 g/mol. The summed E-state index contributed by atoms with van der Waals surface area (Å²) in [5.74, 6) is -0.424. The van der Waals surface area contributed by atoms with Gasteiger partial charge in [0.2, 0.25) is 3.79 Å². The molecule has 27 heavy (non-hydrogen) atoms. The van der Waals surface area contributed by atoms with E-state index >= 15 is 0 Å². The van der Waals surface area contributed by atoms with Crippen LogP contribution in [-0.2, 0) is 14.3 Å². The summed E-state index contributed by atoms with van der Waals surface area (Å²) in [4.78, 5) is 26.8. The SMILES string of the molecule is CC(C)OC(=O)C(C)(C)[C@H]1c2ccccc2C=CN1C(=O)OCC(Cl)(Cl)Cl. The topological polar surface area (TPSA) is 55.8 Å². The summed E-state index contributed by atoms with van der Waals surface area (Å²) in [6, 6.07) is 6.86. The van der Waals surface area contributed by atoms with E-state index in [1.807, 2.05) is 24.3 Å². The van der Waals surface area contributed by atoms with E-state index < -0.39 is 33.9 Å². The Bertz CT molecular complexity index is 741. The summed E-state index contributed by atoms with van der Waals surface area (Å²) in [6.07, 6.45) is 2.34. The van der Waals surface area contributed by atoms with E-state index in [1.54, 1.807) is 40.0 Å². The number of carbonyl (C=O) groups excluding carboxylic acids is 2. The fraction of sp³-hybridized carbons (Fsp3) is 0.474. The molecular formula is C19H22Cl3NO4. The number of benzene rings is 1. The van der Waals surface area contributed by atoms with Gasteiger partial charge in [0.25, 0.3) is 0 Å². The van der Waals surface area contributed by atoms with Crippen molar-refractivity contribution in [1.82, 2.24) is 4.90 Å². The molecule has 5 nitrogen and oxygen atoms in total. The first kappa shape index (κ1) is 21.9. The Morgan fingerprint density at radius 1 is 1.19 bits per heavy atom. The number of rotatable bonds is 4.